The molecule has 2 rings (SSSR count). The van der Waals surface area contributed by atoms with Crippen LogP contribution in [0.3, 0.4) is 0 Å². The van der Waals surface area contributed by atoms with Gasteiger partial charge in [0, 0.05) is 6.42 Å². The predicted molar refractivity (Wildman–Crippen MR) is 67.3 cm³/mol. The van der Waals surface area contributed by atoms with Gasteiger partial charge in [-0.15, -0.1) is 0 Å². The highest BCUT2D eigenvalue weighted by Crippen LogP contribution is 2.45. The zero-order valence-electron chi connectivity index (χ0n) is 10.5. The van der Waals surface area contributed by atoms with Crippen molar-refractivity contribution in [2.24, 2.45) is 17.8 Å². The Balaban J connectivity index is 1.76. The van der Waals surface area contributed by atoms with Crippen molar-refractivity contribution in [1.29, 1.82) is 0 Å². The largest absolute Gasteiger partial charge is 0.303 e. The van der Waals surface area contributed by atoms with Crippen LogP contribution in [0, 0.1) is 17.8 Å². The number of carbonyl (C=O) groups excluding carboxylic acids is 1. The lowest BCUT2D eigenvalue weighted by Crippen LogP contribution is -2.30. The van der Waals surface area contributed by atoms with Gasteiger partial charge in [0.15, 0.2) is 0 Å². The Labute approximate surface area is 100.0 Å². The van der Waals surface area contributed by atoms with Crippen LogP contribution in [0.5, 0.6) is 0 Å². The van der Waals surface area contributed by atoms with Gasteiger partial charge in [-0.25, -0.2) is 0 Å². The first-order chi connectivity index (χ1) is 7.92. The Morgan fingerprint density at radius 3 is 2.62 bits per heavy atom. The number of rotatable bonds is 5. The SMILES string of the molecule is O=CCCCCC1CCCC2CCCCC12. The van der Waals surface area contributed by atoms with Crippen LogP contribution in [0.2, 0.25) is 0 Å². The van der Waals surface area contributed by atoms with Gasteiger partial charge in [0.1, 0.15) is 6.29 Å². The molecule has 0 saturated heterocycles. The maximum Gasteiger partial charge on any atom is 0.119 e. The second kappa shape index (κ2) is 6.42. The van der Waals surface area contributed by atoms with Gasteiger partial charge in [-0.3, -0.25) is 0 Å². The van der Waals surface area contributed by atoms with Crippen LogP contribution < -0.4 is 0 Å². The lowest BCUT2D eigenvalue weighted by atomic mass is 9.64. The Kier molecular flexibility index (Phi) is 4.87. The first-order valence-corrected chi connectivity index (χ1v) is 7.35. The minimum atomic E-state index is 0.779. The highest BCUT2D eigenvalue weighted by Gasteiger charge is 2.33. The number of hydrogen-bond donors (Lipinski definition) is 0. The van der Waals surface area contributed by atoms with Gasteiger partial charge in [-0.05, 0) is 30.6 Å². The van der Waals surface area contributed by atoms with E-state index in [-0.39, 0.29) is 0 Å². The second-order valence-corrected chi connectivity index (χ2v) is 5.85. The third-order valence-corrected chi connectivity index (χ3v) is 4.87. The van der Waals surface area contributed by atoms with Crippen molar-refractivity contribution in [1.82, 2.24) is 0 Å². The minimum Gasteiger partial charge on any atom is -0.303 e. The molecule has 16 heavy (non-hydrogen) atoms. The summed E-state index contributed by atoms with van der Waals surface area (Å²) in [6, 6.07) is 0. The third-order valence-electron chi connectivity index (χ3n) is 4.87. The summed E-state index contributed by atoms with van der Waals surface area (Å²) < 4.78 is 0. The number of hydrogen-bond acceptors (Lipinski definition) is 1. The average molecular weight is 222 g/mol. The summed E-state index contributed by atoms with van der Waals surface area (Å²) in [5.41, 5.74) is 0. The molecule has 0 spiro atoms. The molecule has 92 valence electrons. The highest BCUT2D eigenvalue weighted by molar-refractivity contribution is 5.48. The monoisotopic (exact) mass is 222 g/mol. The molecule has 0 amide bonds. The van der Waals surface area contributed by atoms with Crippen molar-refractivity contribution < 1.29 is 4.79 Å². The van der Waals surface area contributed by atoms with Crippen molar-refractivity contribution in [3.05, 3.63) is 0 Å². The molecule has 0 aromatic rings. The maximum atomic E-state index is 10.3. The molecule has 0 bridgehead atoms. The van der Waals surface area contributed by atoms with E-state index < -0.39 is 0 Å². The molecule has 0 aromatic heterocycles. The first-order valence-electron chi connectivity index (χ1n) is 7.35. The smallest absolute Gasteiger partial charge is 0.119 e. The van der Waals surface area contributed by atoms with Crippen LogP contribution in [0.1, 0.15) is 70.6 Å². The molecule has 0 radical (unpaired) electrons. The second-order valence-electron chi connectivity index (χ2n) is 5.85. The molecule has 0 aliphatic heterocycles. The third kappa shape index (κ3) is 3.09. The number of unbranched alkanes of at least 4 members (excludes halogenated alkanes) is 2. The number of fused-ring (bicyclic) bond motifs is 1. The van der Waals surface area contributed by atoms with Gasteiger partial charge in [-0.2, -0.15) is 0 Å². The zero-order chi connectivity index (χ0) is 11.2. The topological polar surface area (TPSA) is 17.1 Å². The van der Waals surface area contributed by atoms with Crippen molar-refractivity contribution in [3.63, 3.8) is 0 Å². The van der Waals surface area contributed by atoms with E-state index in [4.69, 9.17) is 0 Å². The van der Waals surface area contributed by atoms with E-state index in [1.54, 1.807) is 0 Å². The van der Waals surface area contributed by atoms with E-state index in [1.807, 2.05) is 0 Å². The standard InChI is InChI=1S/C15H26O/c16-12-5-1-2-7-13-9-6-10-14-8-3-4-11-15(13)14/h12-15H,1-11H2. The number of carbonyl (C=O) groups is 1. The van der Waals surface area contributed by atoms with Crippen molar-refractivity contribution in [2.45, 2.75) is 70.6 Å². The van der Waals surface area contributed by atoms with E-state index in [0.29, 0.717) is 0 Å². The van der Waals surface area contributed by atoms with E-state index in [9.17, 15) is 4.79 Å². The maximum absolute atomic E-state index is 10.3. The summed E-state index contributed by atoms with van der Waals surface area (Å²) in [5.74, 6) is 3.13. The van der Waals surface area contributed by atoms with Crippen molar-refractivity contribution >= 4 is 6.29 Å². The predicted octanol–water partition coefficient (Wildman–Crippen LogP) is 4.35. The molecule has 1 heteroatoms. The lowest BCUT2D eigenvalue weighted by molar-refractivity contribution is -0.107. The van der Waals surface area contributed by atoms with Gasteiger partial charge in [0.25, 0.3) is 0 Å². The first kappa shape index (κ1) is 12.1. The van der Waals surface area contributed by atoms with Crippen LogP contribution >= 0.6 is 0 Å². The van der Waals surface area contributed by atoms with Crippen LogP contribution in [0.4, 0.5) is 0 Å². The van der Waals surface area contributed by atoms with Gasteiger partial charge >= 0.3 is 0 Å². The van der Waals surface area contributed by atoms with Crippen LogP contribution in [-0.2, 0) is 4.79 Å². The molecule has 1 nitrogen and oxygen atoms in total. The van der Waals surface area contributed by atoms with Crippen LogP contribution in [0.25, 0.3) is 0 Å². The van der Waals surface area contributed by atoms with Gasteiger partial charge in [-0.1, -0.05) is 51.4 Å². The number of aldehydes is 1. The summed E-state index contributed by atoms with van der Waals surface area (Å²) in [4.78, 5) is 10.3. The Bertz CT molecular complexity index is 209. The van der Waals surface area contributed by atoms with Crippen LogP contribution in [0.15, 0.2) is 0 Å². The van der Waals surface area contributed by atoms with E-state index in [2.05, 4.69) is 0 Å². The van der Waals surface area contributed by atoms with Gasteiger partial charge < -0.3 is 4.79 Å². The molecular formula is C15H26O. The fourth-order valence-corrected chi connectivity index (χ4v) is 4.06. The summed E-state index contributed by atoms with van der Waals surface area (Å²) in [7, 11) is 0. The Hall–Kier alpha value is -0.330. The van der Waals surface area contributed by atoms with E-state index >= 15 is 0 Å². The van der Waals surface area contributed by atoms with Gasteiger partial charge in [0.2, 0.25) is 0 Å². The van der Waals surface area contributed by atoms with E-state index in [1.165, 1.54) is 57.8 Å². The summed E-state index contributed by atoms with van der Waals surface area (Å²) in [5, 5.41) is 0. The van der Waals surface area contributed by atoms with Crippen molar-refractivity contribution in [2.75, 3.05) is 0 Å². The molecule has 0 aromatic carbocycles. The zero-order valence-corrected chi connectivity index (χ0v) is 10.5. The molecule has 2 aliphatic carbocycles. The molecular weight excluding hydrogens is 196 g/mol. The molecule has 2 aliphatic rings. The molecule has 3 unspecified atom stereocenters. The molecule has 0 heterocycles. The summed E-state index contributed by atoms with van der Waals surface area (Å²) >= 11 is 0. The fraction of sp³-hybridized carbons (Fsp3) is 0.933. The minimum absolute atomic E-state index is 0.779. The van der Waals surface area contributed by atoms with Crippen LogP contribution in [-0.4, -0.2) is 6.29 Å². The molecule has 2 fully saturated rings. The molecule has 2 saturated carbocycles. The fourth-order valence-electron chi connectivity index (χ4n) is 4.06. The Morgan fingerprint density at radius 2 is 1.75 bits per heavy atom. The molecule has 0 N–H and O–H groups in total. The normalized spacial score (nSPS) is 34.4. The summed E-state index contributed by atoms with van der Waals surface area (Å²) in [6.07, 6.45) is 16.1. The quantitative estimate of drug-likeness (QED) is 0.499. The van der Waals surface area contributed by atoms with E-state index in [0.717, 1.165) is 36.9 Å². The highest BCUT2D eigenvalue weighted by atomic mass is 16.1. The average Bonchev–Trinajstić information content (AvgIpc) is 2.35. The summed E-state index contributed by atoms with van der Waals surface area (Å²) in [6.45, 7) is 0. The lowest BCUT2D eigenvalue weighted by Gasteiger charge is -2.41. The Morgan fingerprint density at radius 1 is 0.938 bits per heavy atom. The van der Waals surface area contributed by atoms with Crippen molar-refractivity contribution in [3.8, 4) is 0 Å². The van der Waals surface area contributed by atoms with Gasteiger partial charge in [0.05, 0.1) is 0 Å². The molecule has 3 atom stereocenters.